The lowest BCUT2D eigenvalue weighted by Gasteiger charge is -1.98. The molecular weight excluding hydrogens is 233 g/mol. The van der Waals surface area contributed by atoms with Crippen molar-refractivity contribution in [3.05, 3.63) is 47.8 Å². The number of carbonyl (C=O) groups excluding carboxylic acids is 1. The number of benzene rings is 2. The molecule has 4 heteroatoms. The Morgan fingerprint density at radius 3 is 2.83 bits per heavy atom. The maximum Gasteiger partial charge on any atom is 0.337 e. The molecule has 1 N–H and O–H groups in total. The summed E-state index contributed by atoms with van der Waals surface area (Å²) >= 11 is 0. The minimum Gasteiger partial charge on any atom is -0.465 e. The van der Waals surface area contributed by atoms with E-state index in [1.54, 1.807) is 30.3 Å². The summed E-state index contributed by atoms with van der Waals surface area (Å²) in [6.45, 7) is 0. The van der Waals surface area contributed by atoms with Crippen LogP contribution >= 0.6 is 0 Å². The third-order valence-electron chi connectivity index (χ3n) is 2.99. The number of ether oxygens (including phenoxy) is 1. The SMILES string of the molecule is COC(=O)c1ccc2c(c1)[nH]c1cccc(F)c12. The van der Waals surface area contributed by atoms with Crippen LogP contribution < -0.4 is 0 Å². The number of carbonyl (C=O) groups is 1. The van der Waals surface area contributed by atoms with E-state index in [-0.39, 0.29) is 5.82 Å². The number of aromatic amines is 1. The van der Waals surface area contributed by atoms with Gasteiger partial charge >= 0.3 is 5.97 Å². The Morgan fingerprint density at radius 1 is 1.22 bits per heavy atom. The van der Waals surface area contributed by atoms with Crippen LogP contribution in [0.4, 0.5) is 4.39 Å². The Labute approximate surface area is 102 Å². The lowest BCUT2D eigenvalue weighted by Crippen LogP contribution is -2.00. The summed E-state index contributed by atoms with van der Waals surface area (Å²) in [5.41, 5.74) is 1.88. The van der Waals surface area contributed by atoms with Crippen molar-refractivity contribution < 1.29 is 13.9 Å². The zero-order valence-corrected chi connectivity index (χ0v) is 9.66. The van der Waals surface area contributed by atoms with Crippen LogP contribution in [0.1, 0.15) is 10.4 Å². The van der Waals surface area contributed by atoms with Gasteiger partial charge in [0.15, 0.2) is 0 Å². The van der Waals surface area contributed by atoms with Gasteiger partial charge in [0.25, 0.3) is 0 Å². The van der Waals surface area contributed by atoms with Gasteiger partial charge in [0.05, 0.1) is 12.7 Å². The lowest BCUT2D eigenvalue weighted by molar-refractivity contribution is 0.0601. The van der Waals surface area contributed by atoms with Gasteiger partial charge in [0, 0.05) is 21.8 Å². The number of fused-ring (bicyclic) bond motifs is 3. The summed E-state index contributed by atoms with van der Waals surface area (Å²) in [7, 11) is 1.33. The Bertz CT molecular complexity index is 761. The average Bonchev–Trinajstić information content (AvgIpc) is 2.76. The molecule has 1 aromatic heterocycles. The van der Waals surface area contributed by atoms with E-state index < -0.39 is 5.97 Å². The summed E-state index contributed by atoms with van der Waals surface area (Å²) in [6.07, 6.45) is 0. The minimum atomic E-state index is -0.406. The van der Waals surface area contributed by atoms with Crippen LogP contribution in [0.2, 0.25) is 0 Å². The molecule has 0 saturated heterocycles. The lowest BCUT2D eigenvalue weighted by atomic mass is 10.1. The van der Waals surface area contributed by atoms with Crippen molar-refractivity contribution in [2.75, 3.05) is 7.11 Å². The molecule has 0 amide bonds. The largest absolute Gasteiger partial charge is 0.465 e. The molecule has 0 spiro atoms. The summed E-state index contributed by atoms with van der Waals surface area (Å²) in [4.78, 5) is 14.5. The van der Waals surface area contributed by atoms with Gasteiger partial charge in [-0.3, -0.25) is 0 Å². The number of hydrogen-bond donors (Lipinski definition) is 1. The zero-order valence-electron chi connectivity index (χ0n) is 9.66. The van der Waals surface area contributed by atoms with Crippen LogP contribution in [0.15, 0.2) is 36.4 Å². The average molecular weight is 243 g/mol. The van der Waals surface area contributed by atoms with E-state index in [9.17, 15) is 9.18 Å². The van der Waals surface area contributed by atoms with Gasteiger partial charge < -0.3 is 9.72 Å². The summed E-state index contributed by atoms with van der Waals surface area (Å²) < 4.78 is 18.4. The molecular formula is C14H10FNO2. The monoisotopic (exact) mass is 243 g/mol. The fourth-order valence-electron chi connectivity index (χ4n) is 2.16. The number of hydrogen-bond acceptors (Lipinski definition) is 2. The highest BCUT2D eigenvalue weighted by molar-refractivity contribution is 6.09. The predicted molar refractivity (Wildman–Crippen MR) is 67.1 cm³/mol. The zero-order chi connectivity index (χ0) is 12.7. The molecule has 90 valence electrons. The van der Waals surface area contributed by atoms with Crippen LogP contribution in [0.25, 0.3) is 21.8 Å². The van der Waals surface area contributed by atoms with Crippen molar-refractivity contribution in [1.82, 2.24) is 4.98 Å². The number of rotatable bonds is 1. The molecule has 0 aliphatic carbocycles. The van der Waals surface area contributed by atoms with Crippen LogP contribution in [0.3, 0.4) is 0 Å². The first-order valence-electron chi connectivity index (χ1n) is 5.49. The highest BCUT2D eigenvalue weighted by atomic mass is 19.1. The van der Waals surface area contributed by atoms with Crippen LogP contribution in [0, 0.1) is 5.82 Å². The highest BCUT2D eigenvalue weighted by Gasteiger charge is 2.11. The number of H-pyrrole nitrogens is 1. The summed E-state index contributed by atoms with van der Waals surface area (Å²) in [5, 5.41) is 1.31. The molecule has 0 unspecified atom stereocenters. The quantitative estimate of drug-likeness (QED) is 0.666. The smallest absolute Gasteiger partial charge is 0.337 e. The predicted octanol–water partition coefficient (Wildman–Crippen LogP) is 3.25. The van der Waals surface area contributed by atoms with E-state index in [1.807, 2.05) is 0 Å². The third-order valence-corrected chi connectivity index (χ3v) is 2.99. The normalized spacial score (nSPS) is 11.0. The number of halogens is 1. The molecule has 1 heterocycles. The van der Waals surface area contributed by atoms with Crippen molar-refractivity contribution in [1.29, 1.82) is 0 Å². The van der Waals surface area contributed by atoms with E-state index in [0.29, 0.717) is 16.5 Å². The molecule has 0 saturated carbocycles. The van der Waals surface area contributed by atoms with E-state index in [1.165, 1.54) is 13.2 Å². The molecule has 2 aromatic carbocycles. The number of methoxy groups -OCH3 is 1. The molecule has 0 radical (unpaired) electrons. The van der Waals surface area contributed by atoms with Crippen molar-refractivity contribution in [3.8, 4) is 0 Å². The second kappa shape index (κ2) is 3.84. The highest BCUT2D eigenvalue weighted by Crippen LogP contribution is 2.28. The van der Waals surface area contributed by atoms with Gasteiger partial charge in [-0.1, -0.05) is 12.1 Å². The molecule has 3 aromatic rings. The van der Waals surface area contributed by atoms with Crippen molar-refractivity contribution >= 4 is 27.8 Å². The number of esters is 1. The second-order valence-corrected chi connectivity index (χ2v) is 4.04. The summed E-state index contributed by atoms with van der Waals surface area (Å²) in [5.74, 6) is -0.680. The molecule has 0 atom stereocenters. The van der Waals surface area contributed by atoms with Gasteiger partial charge in [0.1, 0.15) is 5.82 Å². The van der Waals surface area contributed by atoms with E-state index >= 15 is 0 Å². The Kier molecular flexibility index (Phi) is 2.30. The van der Waals surface area contributed by atoms with Gasteiger partial charge in [-0.2, -0.15) is 0 Å². The summed E-state index contributed by atoms with van der Waals surface area (Å²) in [6, 6.07) is 9.90. The maximum absolute atomic E-state index is 13.8. The van der Waals surface area contributed by atoms with Crippen molar-refractivity contribution in [2.24, 2.45) is 0 Å². The molecule has 0 aliphatic heterocycles. The van der Waals surface area contributed by atoms with Gasteiger partial charge in [-0.15, -0.1) is 0 Å². The van der Waals surface area contributed by atoms with Gasteiger partial charge in [-0.25, -0.2) is 9.18 Å². The van der Waals surface area contributed by atoms with Crippen LogP contribution in [0.5, 0.6) is 0 Å². The molecule has 3 rings (SSSR count). The fourth-order valence-corrected chi connectivity index (χ4v) is 2.16. The minimum absolute atomic E-state index is 0.274. The van der Waals surface area contributed by atoms with Crippen LogP contribution in [-0.4, -0.2) is 18.1 Å². The van der Waals surface area contributed by atoms with E-state index in [4.69, 9.17) is 0 Å². The Hall–Kier alpha value is -2.36. The number of aromatic nitrogens is 1. The molecule has 0 fully saturated rings. The Morgan fingerprint density at radius 2 is 2.06 bits per heavy atom. The first kappa shape index (κ1) is 10.8. The van der Waals surface area contributed by atoms with E-state index in [2.05, 4.69) is 9.72 Å². The van der Waals surface area contributed by atoms with Crippen LogP contribution in [-0.2, 0) is 4.74 Å². The van der Waals surface area contributed by atoms with Crippen molar-refractivity contribution in [2.45, 2.75) is 0 Å². The fraction of sp³-hybridized carbons (Fsp3) is 0.0714. The number of nitrogens with one attached hydrogen (secondary N) is 1. The molecule has 18 heavy (non-hydrogen) atoms. The molecule has 0 aliphatic rings. The second-order valence-electron chi connectivity index (χ2n) is 4.04. The molecule has 3 nitrogen and oxygen atoms in total. The first-order valence-corrected chi connectivity index (χ1v) is 5.49. The Balaban J connectivity index is 2.34. The van der Waals surface area contributed by atoms with Gasteiger partial charge in [-0.05, 0) is 24.3 Å². The maximum atomic E-state index is 13.8. The molecule has 0 bridgehead atoms. The standard InChI is InChI=1S/C14H10FNO2/c1-18-14(17)8-5-6-9-12(7-8)16-11-4-2-3-10(15)13(9)11/h2-7,16H,1H3. The van der Waals surface area contributed by atoms with E-state index in [0.717, 1.165) is 10.9 Å². The van der Waals surface area contributed by atoms with Crippen molar-refractivity contribution in [3.63, 3.8) is 0 Å². The third kappa shape index (κ3) is 1.46. The topological polar surface area (TPSA) is 42.1 Å². The first-order chi connectivity index (χ1) is 8.70. The van der Waals surface area contributed by atoms with Gasteiger partial charge in [0.2, 0.25) is 0 Å².